The Morgan fingerprint density at radius 3 is 2.52 bits per heavy atom. The average Bonchev–Trinajstić information content (AvgIpc) is 3.23. The average molecular weight is 423 g/mol. The van der Waals surface area contributed by atoms with E-state index in [-0.39, 0.29) is 11.9 Å². The van der Waals surface area contributed by atoms with Crippen LogP contribution in [0.15, 0.2) is 30.5 Å². The van der Waals surface area contributed by atoms with Gasteiger partial charge in [-0.15, -0.1) is 0 Å². The van der Waals surface area contributed by atoms with Crippen molar-refractivity contribution in [3.8, 4) is 0 Å². The summed E-state index contributed by atoms with van der Waals surface area (Å²) < 4.78 is 2.41. The lowest BCUT2D eigenvalue weighted by atomic mass is 9.87. The van der Waals surface area contributed by atoms with Crippen LogP contribution in [-0.2, 0) is 4.79 Å². The monoisotopic (exact) mass is 422 g/mol. The molecule has 6 nitrogen and oxygen atoms in total. The third-order valence-electron chi connectivity index (χ3n) is 7.61. The summed E-state index contributed by atoms with van der Waals surface area (Å²) in [4.78, 5) is 28.2. The fourth-order valence-electron chi connectivity index (χ4n) is 5.78. The number of carbonyl (C=O) groups is 2. The molecule has 1 saturated carbocycles. The standard InChI is InChI=1S/C25H34N4O2/c30-24-13-18-29(25(31)26-24)23-8-4-7-22-21(23)12-17-28(22)20-10-15-27(16-11-20)14-9-19-5-2-1-3-6-19/h4,7-8,12,17,19-20H,1-3,5-6,9-11,13-16,18H2,(H,26,30,31). The summed E-state index contributed by atoms with van der Waals surface area (Å²) in [6.07, 6.45) is 13.5. The number of aromatic nitrogens is 1. The third kappa shape index (κ3) is 4.36. The van der Waals surface area contributed by atoms with Crippen LogP contribution in [0, 0.1) is 5.92 Å². The van der Waals surface area contributed by atoms with Crippen molar-refractivity contribution in [1.82, 2.24) is 14.8 Å². The van der Waals surface area contributed by atoms with Crippen molar-refractivity contribution in [2.45, 2.75) is 63.8 Å². The summed E-state index contributed by atoms with van der Waals surface area (Å²) in [5, 5.41) is 3.53. The van der Waals surface area contributed by atoms with Gasteiger partial charge in [0, 0.05) is 43.7 Å². The van der Waals surface area contributed by atoms with E-state index in [9.17, 15) is 9.59 Å². The molecule has 5 rings (SSSR count). The zero-order valence-electron chi connectivity index (χ0n) is 18.4. The fraction of sp³-hybridized carbons (Fsp3) is 0.600. The first-order chi connectivity index (χ1) is 15.2. The van der Waals surface area contributed by atoms with Gasteiger partial charge in [0.15, 0.2) is 0 Å². The van der Waals surface area contributed by atoms with Crippen molar-refractivity contribution in [2.75, 3.05) is 31.1 Å². The van der Waals surface area contributed by atoms with E-state index in [1.165, 1.54) is 76.5 Å². The van der Waals surface area contributed by atoms with E-state index >= 15 is 0 Å². The quantitative estimate of drug-likeness (QED) is 0.760. The number of nitrogens with one attached hydrogen (secondary N) is 1. The molecule has 3 aliphatic rings. The van der Waals surface area contributed by atoms with Crippen LogP contribution in [0.4, 0.5) is 10.5 Å². The number of benzene rings is 1. The van der Waals surface area contributed by atoms with E-state index in [0.29, 0.717) is 19.0 Å². The first kappa shape index (κ1) is 20.6. The minimum Gasteiger partial charge on any atom is -0.344 e. The number of carbonyl (C=O) groups excluding carboxylic acids is 2. The fourth-order valence-corrected chi connectivity index (χ4v) is 5.78. The van der Waals surface area contributed by atoms with Gasteiger partial charge in [-0.05, 0) is 49.9 Å². The van der Waals surface area contributed by atoms with Crippen LogP contribution in [0.3, 0.4) is 0 Å². The highest BCUT2D eigenvalue weighted by atomic mass is 16.2. The summed E-state index contributed by atoms with van der Waals surface area (Å²) >= 11 is 0. The Hall–Kier alpha value is -2.34. The van der Waals surface area contributed by atoms with Crippen LogP contribution in [0.5, 0.6) is 0 Å². The van der Waals surface area contributed by atoms with Gasteiger partial charge in [0.05, 0.1) is 11.2 Å². The molecule has 31 heavy (non-hydrogen) atoms. The van der Waals surface area contributed by atoms with E-state index in [4.69, 9.17) is 0 Å². The lowest BCUT2D eigenvalue weighted by Gasteiger charge is -2.34. The van der Waals surface area contributed by atoms with E-state index in [1.54, 1.807) is 4.90 Å². The molecular formula is C25H34N4O2. The van der Waals surface area contributed by atoms with Gasteiger partial charge in [-0.2, -0.15) is 0 Å². The van der Waals surface area contributed by atoms with Gasteiger partial charge in [0.2, 0.25) is 5.91 Å². The zero-order valence-corrected chi connectivity index (χ0v) is 18.4. The van der Waals surface area contributed by atoms with Crippen LogP contribution in [0.1, 0.15) is 63.8 Å². The van der Waals surface area contributed by atoms with E-state index in [0.717, 1.165) is 17.0 Å². The number of hydrogen-bond acceptors (Lipinski definition) is 3. The lowest BCUT2D eigenvalue weighted by molar-refractivity contribution is -0.120. The van der Waals surface area contributed by atoms with Crippen molar-refractivity contribution in [2.24, 2.45) is 5.92 Å². The van der Waals surface area contributed by atoms with Gasteiger partial charge < -0.3 is 9.47 Å². The van der Waals surface area contributed by atoms with Crippen LogP contribution in [-0.4, -0.2) is 47.6 Å². The van der Waals surface area contributed by atoms with Crippen molar-refractivity contribution >= 4 is 28.5 Å². The summed E-state index contributed by atoms with van der Waals surface area (Å²) in [7, 11) is 0. The summed E-state index contributed by atoms with van der Waals surface area (Å²) in [6, 6.07) is 8.48. The van der Waals surface area contributed by atoms with Crippen LogP contribution < -0.4 is 10.2 Å². The van der Waals surface area contributed by atoms with Crippen LogP contribution in [0.25, 0.3) is 10.9 Å². The molecule has 2 aliphatic heterocycles. The van der Waals surface area contributed by atoms with E-state index < -0.39 is 0 Å². The highest BCUT2D eigenvalue weighted by Crippen LogP contribution is 2.34. The van der Waals surface area contributed by atoms with Crippen molar-refractivity contribution in [3.05, 3.63) is 30.5 Å². The molecule has 1 aromatic heterocycles. The highest BCUT2D eigenvalue weighted by molar-refractivity contribution is 6.09. The molecule has 0 radical (unpaired) electrons. The number of imide groups is 1. The smallest absolute Gasteiger partial charge is 0.328 e. The molecule has 0 atom stereocenters. The van der Waals surface area contributed by atoms with E-state index in [2.05, 4.69) is 33.1 Å². The van der Waals surface area contributed by atoms with Crippen molar-refractivity contribution in [3.63, 3.8) is 0 Å². The molecule has 2 aromatic rings. The molecular weight excluding hydrogens is 388 g/mol. The SMILES string of the molecule is O=C1CCN(c2cccc3c2ccn3C2CCN(CCC3CCCCC3)CC2)C(=O)N1. The maximum atomic E-state index is 12.4. The minimum absolute atomic E-state index is 0.193. The molecule has 166 valence electrons. The Morgan fingerprint density at radius 2 is 1.74 bits per heavy atom. The number of anilines is 1. The van der Waals surface area contributed by atoms with Gasteiger partial charge in [-0.3, -0.25) is 15.0 Å². The molecule has 0 unspecified atom stereocenters. The number of amides is 3. The normalized spacial score (nSPS) is 22.3. The first-order valence-electron chi connectivity index (χ1n) is 12.1. The summed E-state index contributed by atoms with van der Waals surface area (Å²) in [6.45, 7) is 4.05. The molecule has 1 aliphatic carbocycles. The number of fused-ring (bicyclic) bond motifs is 1. The Labute approximate surface area is 184 Å². The topological polar surface area (TPSA) is 57.6 Å². The van der Waals surface area contributed by atoms with Crippen LogP contribution >= 0.6 is 0 Å². The largest absolute Gasteiger partial charge is 0.344 e. The predicted octanol–water partition coefficient (Wildman–Crippen LogP) is 4.69. The Bertz CT molecular complexity index is 938. The predicted molar refractivity (Wildman–Crippen MR) is 123 cm³/mol. The minimum atomic E-state index is -0.317. The number of rotatable bonds is 5. The molecule has 1 N–H and O–H groups in total. The van der Waals surface area contributed by atoms with Gasteiger partial charge in [-0.25, -0.2) is 4.79 Å². The van der Waals surface area contributed by atoms with E-state index in [1.807, 2.05) is 12.1 Å². The van der Waals surface area contributed by atoms with Gasteiger partial charge in [0.25, 0.3) is 0 Å². The summed E-state index contributed by atoms with van der Waals surface area (Å²) in [5.74, 6) is 0.766. The lowest BCUT2D eigenvalue weighted by Crippen LogP contribution is -2.49. The van der Waals surface area contributed by atoms with Crippen molar-refractivity contribution in [1.29, 1.82) is 0 Å². The number of hydrogen-bond donors (Lipinski definition) is 1. The first-order valence-corrected chi connectivity index (χ1v) is 12.1. The maximum absolute atomic E-state index is 12.4. The molecule has 0 bridgehead atoms. The van der Waals surface area contributed by atoms with Gasteiger partial charge in [-0.1, -0.05) is 38.2 Å². The molecule has 1 aromatic carbocycles. The molecule has 3 amide bonds. The molecule has 2 saturated heterocycles. The molecule has 3 fully saturated rings. The molecule has 6 heteroatoms. The Balaban J connectivity index is 1.24. The van der Waals surface area contributed by atoms with Crippen molar-refractivity contribution < 1.29 is 9.59 Å². The second-order valence-corrected chi connectivity index (χ2v) is 9.55. The van der Waals surface area contributed by atoms with Gasteiger partial charge >= 0.3 is 6.03 Å². The van der Waals surface area contributed by atoms with Gasteiger partial charge in [0.1, 0.15) is 0 Å². The molecule has 0 spiro atoms. The Kier molecular flexibility index (Phi) is 5.99. The number of nitrogens with zero attached hydrogens (tertiary/aromatic N) is 3. The highest BCUT2D eigenvalue weighted by Gasteiger charge is 2.27. The summed E-state index contributed by atoms with van der Waals surface area (Å²) in [5.41, 5.74) is 2.08. The molecule has 3 heterocycles. The second kappa shape index (κ2) is 9.03. The maximum Gasteiger partial charge on any atom is 0.328 e. The number of urea groups is 1. The third-order valence-corrected chi connectivity index (χ3v) is 7.61. The Morgan fingerprint density at radius 1 is 0.935 bits per heavy atom. The number of piperidine rings is 1. The second-order valence-electron chi connectivity index (χ2n) is 9.55. The van der Waals surface area contributed by atoms with Crippen LogP contribution in [0.2, 0.25) is 0 Å². The zero-order chi connectivity index (χ0) is 21.2. The number of likely N-dealkylation sites (tertiary alicyclic amines) is 1.